The van der Waals surface area contributed by atoms with E-state index in [1.165, 1.54) is 23.8 Å². The van der Waals surface area contributed by atoms with Gasteiger partial charge in [0.25, 0.3) is 0 Å². The lowest BCUT2D eigenvalue weighted by Crippen LogP contribution is -2.43. The maximum atomic E-state index is 12.9. The molecule has 0 spiro atoms. The number of hydrogen-bond donors (Lipinski definition) is 1. The molecule has 2 rings (SSSR count). The van der Waals surface area contributed by atoms with Gasteiger partial charge in [0, 0.05) is 17.6 Å². The summed E-state index contributed by atoms with van der Waals surface area (Å²) in [6.07, 6.45) is 1.59. The molecule has 0 aromatic heterocycles. The number of carbonyl (C=O) groups is 1. The molecule has 0 aliphatic heterocycles. The standard InChI is InChI=1S/C20H24Cl2N2O3S/c1-3-24(28(26,27)19-13-17(21)11-12-18(19)22)14-20(25)23-15(2)9-10-16-7-5-4-6-8-16/h4-8,11-13,15H,3,9-10,14H2,1-2H3,(H,23,25)/t15-/m0/s1. The smallest absolute Gasteiger partial charge is 0.245 e. The highest BCUT2D eigenvalue weighted by Gasteiger charge is 2.28. The van der Waals surface area contributed by atoms with Crippen molar-refractivity contribution in [3.05, 3.63) is 64.1 Å². The van der Waals surface area contributed by atoms with Crippen LogP contribution in [0.4, 0.5) is 0 Å². The summed E-state index contributed by atoms with van der Waals surface area (Å²) >= 11 is 11.9. The van der Waals surface area contributed by atoms with Gasteiger partial charge in [-0.2, -0.15) is 4.31 Å². The highest BCUT2D eigenvalue weighted by Crippen LogP contribution is 2.27. The second-order valence-electron chi connectivity index (χ2n) is 6.50. The molecule has 0 heterocycles. The maximum absolute atomic E-state index is 12.9. The van der Waals surface area contributed by atoms with Crippen molar-refractivity contribution >= 4 is 39.1 Å². The Morgan fingerprint density at radius 3 is 2.46 bits per heavy atom. The van der Waals surface area contributed by atoms with E-state index in [0.29, 0.717) is 0 Å². The van der Waals surface area contributed by atoms with Crippen LogP contribution in [-0.4, -0.2) is 37.8 Å². The van der Waals surface area contributed by atoms with Gasteiger partial charge in [-0.1, -0.05) is 60.5 Å². The zero-order valence-corrected chi connectivity index (χ0v) is 18.2. The molecule has 0 aliphatic carbocycles. The lowest BCUT2D eigenvalue weighted by Gasteiger charge is -2.22. The number of sulfonamides is 1. The van der Waals surface area contributed by atoms with Gasteiger partial charge in [0.1, 0.15) is 4.90 Å². The van der Waals surface area contributed by atoms with Crippen molar-refractivity contribution in [2.24, 2.45) is 0 Å². The predicted octanol–water partition coefficient (Wildman–Crippen LogP) is 4.14. The van der Waals surface area contributed by atoms with Crippen LogP contribution in [0.5, 0.6) is 0 Å². The topological polar surface area (TPSA) is 66.5 Å². The molecule has 5 nitrogen and oxygen atoms in total. The minimum Gasteiger partial charge on any atom is -0.352 e. The van der Waals surface area contributed by atoms with Crippen molar-refractivity contribution in [3.63, 3.8) is 0 Å². The molecule has 2 aromatic carbocycles. The summed E-state index contributed by atoms with van der Waals surface area (Å²) in [6.45, 7) is 3.43. The van der Waals surface area contributed by atoms with Crippen LogP contribution in [0.2, 0.25) is 10.0 Å². The first kappa shape index (κ1) is 22.7. The summed E-state index contributed by atoms with van der Waals surface area (Å²) in [5.41, 5.74) is 1.19. The zero-order chi connectivity index (χ0) is 20.7. The van der Waals surface area contributed by atoms with E-state index in [2.05, 4.69) is 5.32 Å². The van der Waals surface area contributed by atoms with Crippen molar-refractivity contribution in [2.75, 3.05) is 13.1 Å². The Hall–Kier alpha value is -1.60. The van der Waals surface area contributed by atoms with Crippen LogP contribution in [-0.2, 0) is 21.2 Å². The third-order valence-corrected chi connectivity index (χ3v) is 6.94. The maximum Gasteiger partial charge on any atom is 0.245 e. The van der Waals surface area contributed by atoms with Crippen LogP contribution < -0.4 is 5.32 Å². The van der Waals surface area contributed by atoms with E-state index in [1.807, 2.05) is 37.3 Å². The van der Waals surface area contributed by atoms with Crippen LogP contribution in [0.3, 0.4) is 0 Å². The molecule has 0 radical (unpaired) electrons. The van der Waals surface area contributed by atoms with E-state index in [0.717, 1.165) is 17.1 Å². The second-order valence-corrected chi connectivity index (χ2v) is 9.25. The number of benzene rings is 2. The minimum atomic E-state index is -3.93. The largest absolute Gasteiger partial charge is 0.352 e. The minimum absolute atomic E-state index is 0.0690. The lowest BCUT2D eigenvalue weighted by atomic mass is 10.1. The van der Waals surface area contributed by atoms with E-state index >= 15 is 0 Å². The molecular weight excluding hydrogens is 419 g/mol. The van der Waals surface area contributed by atoms with Crippen molar-refractivity contribution in [1.82, 2.24) is 9.62 Å². The van der Waals surface area contributed by atoms with Gasteiger partial charge in [-0.05, 0) is 43.5 Å². The first-order valence-corrected chi connectivity index (χ1v) is 11.2. The summed E-state index contributed by atoms with van der Waals surface area (Å²) in [5.74, 6) is -0.357. The van der Waals surface area contributed by atoms with E-state index in [-0.39, 0.29) is 40.0 Å². The van der Waals surface area contributed by atoms with Crippen LogP contribution >= 0.6 is 23.2 Å². The summed E-state index contributed by atoms with van der Waals surface area (Å²) in [6, 6.07) is 14.1. The monoisotopic (exact) mass is 442 g/mol. The van der Waals surface area contributed by atoms with E-state index in [4.69, 9.17) is 23.2 Å². The highest BCUT2D eigenvalue weighted by molar-refractivity contribution is 7.89. The molecular formula is C20H24Cl2N2O3S. The van der Waals surface area contributed by atoms with E-state index in [1.54, 1.807) is 6.92 Å². The van der Waals surface area contributed by atoms with Gasteiger partial charge in [-0.15, -0.1) is 0 Å². The van der Waals surface area contributed by atoms with Crippen LogP contribution in [0.1, 0.15) is 25.8 Å². The van der Waals surface area contributed by atoms with Crippen LogP contribution in [0.25, 0.3) is 0 Å². The van der Waals surface area contributed by atoms with Crippen LogP contribution in [0, 0.1) is 0 Å². The van der Waals surface area contributed by atoms with Gasteiger partial charge in [0.15, 0.2) is 0 Å². The van der Waals surface area contributed by atoms with Gasteiger partial charge in [-0.3, -0.25) is 4.79 Å². The Kier molecular flexibility index (Phi) is 8.31. The van der Waals surface area contributed by atoms with Gasteiger partial charge in [0.2, 0.25) is 15.9 Å². The summed E-state index contributed by atoms with van der Waals surface area (Å²) in [5, 5.41) is 3.19. The number of nitrogens with one attached hydrogen (secondary N) is 1. The van der Waals surface area contributed by atoms with Crippen molar-refractivity contribution < 1.29 is 13.2 Å². The number of halogens is 2. The third kappa shape index (κ3) is 6.21. The summed E-state index contributed by atoms with van der Waals surface area (Å²) in [4.78, 5) is 12.3. The molecule has 1 atom stereocenters. The number of rotatable bonds is 9. The number of aryl methyl sites for hydroxylation is 1. The molecule has 2 aromatic rings. The molecule has 28 heavy (non-hydrogen) atoms. The van der Waals surface area contributed by atoms with Crippen molar-refractivity contribution in [1.29, 1.82) is 0 Å². The quantitative estimate of drug-likeness (QED) is 0.634. The Labute approximate surface area is 176 Å². The average Bonchev–Trinajstić information content (AvgIpc) is 2.67. The fourth-order valence-electron chi connectivity index (χ4n) is 2.76. The summed E-state index contributed by atoms with van der Waals surface area (Å²) < 4.78 is 26.8. The molecule has 8 heteroatoms. The second kappa shape index (κ2) is 10.3. The molecule has 0 saturated carbocycles. The summed E-state index contributed by atoms with van der Waals surface area (Å²) in [7, 11) is -3.93. The molecule has 0 aliphatic rings. The number of hydrogen-bond acceptors (Lipinski definition) is 3. The van der Waals surface area contributed by atoms with Crippen LogP contribution in [0.15, 0.2) is 53.4 Å². The third-order valence-electron chi connectivity index (χ3n) is 4.30. The van der Waals surface area contributed by atoms with Gasteiger partial charge in [0.05, 0.1) is 11.6 Å². The Morgan fingerprint density at radius 2 is 1.82 bits per heavy atom. The zero-order valence-electron chi connectivity index (χ0n) is 15.9. The van der Waals surface area contributed by atoms with E-state index < -0.39 is 10.0 Å². The average molecular weight is 443 g/mol. The molecule has 152 valence electrons. The Morgan fingerprint density at radius 1 is 1.14 bits per heavy atom. The number of likely N-dealkylation sites (N-methyl/N-ethyl adjacent to an activating group) is 1. The van der Waals surface area contributed by atoms with E-state index in [9.17, 15) is 13.2 Å². The Bertz CT molecular complexity index is 905. The molecule has 0 unspecified atom stereocenters. The number of amides is 1. The Balaban J connectivity index is 1.99. The van der Waals surface area contributed by atoms with Gasteiger partial charge >= 0.3 is 0 Å². The SMILES string of the molecule is CCN(CC(=O)N[C@@H](C)CCc1ccccc1)S(=O)(=O)c1cc(Cl)ccc1Cl. The predicted molar refractivity (Wildman–Crippen MR) is 113 cm³/mol. The number of nitrogens with zero attached hydrogens (tertiary/aromatic N) is 1. The van der Waals surface area contributed by atoms with Crippen molar-refractivity contribution in [2.45, 2.75) is 37.6 Å². The highest BCUT2D eigenvalue weighted by atomic mass is 35.5. The first-order valence-electron chi connectivity index (χ1n) is 9.02. The molecule has 1 amide bonds. The lowest BCUT2D eigenvalue weighted by molar-refractivity contribution is -0.121. The molecule has 0 fully saturated rings. The molecule has 1 N–H and O–H groups in total. The fraction of sp³-hybridized carbons (Fsp3) is 0.350. The van der Waals surface area contributed by atoms with Gasteiger partial charge in [-0.25, -0.2) is 8.42 Å². The fourth-order valence-corrected chi connectivity index (χ4v) is 4.90. The number of carbonyl (C=O) groups excluding carboxylic acids is 1. The molecule has 0 bridgehead atoms. The first-order chi connectivity index (χ1) is 13.2. The molecule has 0 saturated heterocycles. The van der Waals surface area contributed by atoms with Gasteiger partial charge < -0.3 is 5.32 Å². The normalized spacial score (nSPS) is 12.8. The van der Waals surface area contributed by atoms with Crippen molar-refractivity contribution in [3.8, 4) is 0 Å².